The van der Waals surface area contributed by atoms with Gasteiger partial charge in [0.05, 0.1) is 5.69 Å². The molecule has 31 heavy (non-hydrogen) atoms. The minimum Gasteiger partial charge on any atom is -0.406 e. The molecule has 0 saturated heterocycles. The minimum atomic E-state index is -4.74. The van der Waals surface area contributed by atoms with Gasteiger partial charge in [-0.25, -0.2) is 9.97 Å². The van der Waals surface area contributed by atoms with Gasteiger partial charge in [0.1, 0.15) is 18.7 Å². The lowest BCUT2D eigenvalue weighted by Crippen LogP contribution is -2.31. The maximum atomic E-state index is 12.3. The molecule has 0 aliphatic heterocycles. The highest BCUT2D eigenvalue weighted by Gasteiger charge is 2.36. The average Bonchev–Trinajstić information content (AvgIpc) is 2.77. The Bertz CT molecular complexity index is 1110. The monoisotopic (exact) mass is 423 g/mol. The van der Waals surface area contributed by atoms with Gasteiger partial charge in [-0.3, -0.25) is 4.98 Å². The van der Waals surface area contributed by atoms with Gasteiger partial charge in [-0.2, -0.15) is 0 Å². The molecule has 0 saturated carbocycles. The molecule has 5 nitrogen and oxygen atoms in total. The average molecular weight is 423 g/mol. The normalized spacial score (nSPS) is 12.7. The van der Waals surface area contributed by atoms with E-state index in [0.717, 1.165) is 0 Å². The van der Waals surface area contributed by atoms with E-state index in [4.69, 9.17) is 11.2 Å². The second-order valence-electron chi connectivity index (χ2n) is 6.18. The summed E-state index contributed by atoms with van der Waals surface area (Å²) in [5.74, 6) is 7.99. The molecule has 0 fully saturated rings. The maximum Gasteiger partial charge on any atom is 0.573 e. The van der Waals surface area contributed by atoms with Crippen LogP contribution in [0.25, 0.3) is 11.1 Å². The molecular formula is C23H16F3N3O2. The van der Waals surface area contributed by atoms with Gasteiger partial charge in [-0.05, 0) is 30.7 Å². The van der Waals surface area contributed by atoms with Crippen LogP contribution in [-0.4, -0.2) is 27.9 Å². The van der Waals surface area contributed by atoms with Gasteiger partial charge in [-0.15, -0.1) is 25.5 Å². The first-order chi connectivity index (χ1) is 14.9. The summed E-state index contributed by atoms with van der Waals surface area (Å²) in [4.78, 5) is 12.6. The lowest BCUT2D eigenvalue weighted by atomic mass is 9.91. The van der Waals surface area contributed by atoms with Crippen molar-refractivity contribution in [2.45, 2.75) is 18.9 Å². The van der Waals surface area contributed by atoms with E-state index < -0.39 is 12.0 Å². The van der Waals surface area contributed by atoms with Gasteiger partial charge >= 0.3 is 6.36 Å². The highest BCUT2D eigenvalue weighted by Crippen LogP contribution is 2.33. The summed E-state index contributed by atoms with van der Waals surface area (Å²) in [6.07, 6.45) is 6.75. The molecule has 0 bridgehead atoms. The lowest BCUT2D eigenvalue weighted by Gasteiger charge is -2.27. The van der Waals surface area contributed by atoms with Crippen molar-refractivity contribution in [3.05, 3.63) is 72.6 Å². The van der Waals surface area contributed by atoms with Crippen LogP contribution in [0.5, 0.6) is 5.75 Å². The SMILES string of the molecule is C#CCOC(C#CC)(c1cncnc1)c1ccc(-c2ccc(OC(F)(F)F)cc2)cn1. The molecule has 0 aliphatic carbocycles. The Morgan fingerprint density at radius 3 is 2.19 bits per heavy atom. The zero-order valence-corrected chi connectivity index (χ0v) is 16.3. The summed E-state index contributed by atoms with van der Waals surface area (Å²) >= 11 is 0. The summed E-state index contributed by atoms with van der Waals surface area (Å²) in [6.45, 7) is 1.64. The van der Waals surface area contributed by atoms with Gasteiger partial charge in [0.2, 0.25) is 5.60 Å². The van der Waals surface area contributed by atoms with Crippen molar-refractivity contribution in [2.24, 2.45) is 0 Å². The Balaban J connectivity index is 1.96. The van der Waals surface area contributed by atoms with Gasteiger partial charge in [0.15, 0.2) is 0 Å². The van der Waals surface area contributed by atoms with Crippen molar-refractivity contribution in [1.82, 2.24) is 15.0 Å². The van der Waals surface area contributed by atoms with Crippen LogP contribution >= 0.6 is 0 Å². The summed E-state index contributed by atoms with van der Waals surface area (Å²) in [5.41, 5.74) is 1.10. The van der Waals surface area contributed by atoms with Crippen LogP contribution < -0.4 is 4.74 Å². The first kappa shape index (κ1) is 21.8. The number of hydrogen-bond donors (Lipinski definition) is 0. The van der Waals surface area contributed by atoms with E-state index in [1.54, 1.807) is 37.6 Å². The third-order valence-electron chi connectivity index (χ3n) is 4.19. The fourth-order valence-corrected chi connectivity index (χ4v) is 2.91. The van der Waals surface area contributed by atoms with Crippen molar-refractivity contribution in [3.8, 4) is 41.1 Å². The first-order valence-corrected chi connectivity index (χ1v) is 8.97. The molecule has 2 heterocycles. The van der Waals surface area contributed by atoms with Crippen molar-refractivity contribution in [1.29, 1.82) is 0 Å². The number of nitrogens with zero attached hydrogens (tertiary/aromatic N) is 3. The first-order valence-electron chi connectivity index (χ1n) is 8.97. The number of terminal acetylenes is 1. The zero-order chi connectivity index (χ0) is 22.3. The van der Waals surface area contributed by atoms with Crippen LogP contribution in [0.1, 0.15) is 18.2 Å². The van der Waals surface area contributed by atoms with E-state index in [1.165, 1.54) is 30.6 Å². The summed E-state index contributed by atoms with van der Waals surface area (Å²) in [7, 11) is 0. The third kappa shape index (κ3) is 5.19. The van der Waals surface area contributed by atoms with Crippen molar-refractivity contribution in [3.63, 3.8) is 0 Å². The zero-order valence-electron chi connectivity index (χ0n) is 16.3. The molecule has 1 aromatic carbocycles. The molecule has 3 rings (SSSR count). The van der Waals surface area contributed by atoms with E-state index in [-0.39, 0.29) is 12.4 Å². The van der Waals surface area contributed by atoms with Crippen LogP contribution in [0, 0.1) is 24.2 Å². The Morgan fingerprint density at radius 2 is 1.65 bits per heavy atom. The maximum absolute atomic E-state index is 12.3. The molecule has 0 amide bonds. The molecule has 1 atom stereocenters. The second kappa shape index (κ2) is 9.29. The number of rotatable bonds is 6. The van der Waals surface area contributed by atoms with Crippen molar-refractivity contribution >= 4 is 0 Å². The lowest BCUT2D eigenvalue weighted by molar-refractivity contribution is -0.274. The fourth-order valence-electron chi connectivity index (χ4n) is 2.91. The molecule has 3 aromatic rings. The number of benzene rings is 1. The van der Waals surface area contributed by atoms with Gasteiger partial charge in [0.25, 0.3) is 0 Å². The van der Waals surface area contributed by atoms with Crippen molar-refractivity contribution < 1.29 is 22.6 Å². The summed E-state index contributed by atoms with van der Waals surface area (Å²) < 4.78 is 46.8. The predicted molar refractivity (Wildman–Crippen MR) is 107 cm³/mol. The largest absolute Gasteiger partial charge is 0.573 e. The third-order valence-corrected chi connectivity index (χ3v) is 4.19. The van der Waals surface area contributed by atoms with E-state index in [2.05, 4.69) is 37.5 Å². The van der Waals surface area contributed by atoms with E-state index in [9.17, 15) is 13.2 Å². The van der Waals surface area contributed by atoms with Crippen LogP contribution in [0.4, 0.5) is 13.2 Å². The summed E-state index contributed by atoms with van der Waals surface area (Å²) in [6, 6.07) is 8.97. The number of halogens is 3. The molecule has 2 aromatic heterocycles. The topological polar surface area (TPSA) is 57.1 Å². The summed E-state index contributed by atoms with van der Waals surface area (Å²) in [5, 5.41) is 0. The fraction of sp³-hybridized carbons (Fsp3) is 0.174. The molecule has 0 radical (unpaired) electrons. The van der Waals surface area contributed by atoms with Crippen molar-refractivity contribution in [2.75, 3.05) is 6.61 Å². The Morgan fingerprint density at radius 1 is 0.968 bits per heavy atom. The molecule has 0 spiro atoms. The van der Waals surface area contributed by atoms with Gasteiger partial charge in [0, 0.05) is 29.7 Å². The van der Waals surface area contributed by atoms with E-state index >= 15 is 0 Å². The highest BCUT2D eigenvalue weighted by atomic mass is 19.4. The molecule has 0 N–H and O–H groups in total. The van der Waals surface area contributed by atoms with Crippen LogP contribution in [0.3, 0.4) is 0 Å². The quantitative estimate of drug-likeness (QED) is 0.552. The highest BCUT2D eigenvalue weighted by molar-refractivity contribution is 5.63. The smallest absolute Gasteiger partial charge is 0.406 e. The molecule has 8 heteroatoms. The predicted octanol–water partition coefficient (Wildman–Crippen LogP) is 4.35. The minimum absolute atomic E-state index is 0.0202. The molecule has 1 unspecified atom stereocenters. The Labute approximate surface area is 177 Å². The van der Waals surface area contributed by atoms with Gasteiger partial charge < -0.3 is 9.47 Å². The number of ether oxygens (including phenoxy) is 2. The van der Waals surface area contributed by atoms with Crippen LogP contribution in [0.2, 0.25) is 0 Å². The second-order valence-corrected chi connectivity index (χ2v) is 6.18. The van der Waals surface area contributed by atoms with E-state index in [1.807, 2.05) is 0 Å². The molecular weight excluding hydrogens is 407 g/mol. The van der Waals surface area contributed by atoms with Gasteiger partial charge in [-0.1, -0.05) is 30.0 Å². The molecule has 0 aliphatic rings. The molecule has 156 valence electrons. The van der Waals surface area contributed by atoms with E-state index in [0.29, 0.717) is 22.4 Å². The number of pyridine rings is 1. The standard InChI is InChI=1S/C23H16F3N3O2/c1-3-11-22(30-12-4-2,19-14-27-16-28-15-19)21-10-7-18(13-29-21)17-5-8-20(9-6-17)31-23(24,25)26/h2,5-10,13-16H,12H2,1H3. The number of aromatic nitrogens is 3. The van der Waals surface area contributed by atoms with Crippen LogP contribution in [0.15, 0.2) is 61.3 Å². The van der Waals surface area contributed by atoms with Crippen LogP contribution in [-0.2, 0) is 10.3 Å². The number of hydrogen-bond acceptors (Lipinski definition) is 5. The Hall–Kier alpha value is -3.88. The number of alkyl halides is 3. The Kier molecular flexibility index (Phi) is 6.54.